The number of hydrogen-bond donors (Lipinski definition) is 1. The Morgan fingerprint density at radius 2 is 1.80 bits per heavy atom. The van der Waals surface area contributed by atoms with Gasteiger partial charge in [-0.15, -0.1) is 0 Å². The van der Waals surface area contributed by atoms with E-state index in [9.17, 15) is 9.59 Å². The molecular formula is C16H30N2O2. The largest absolute Gasteiger partial charge is 0.342 e. The maximum atomic E-state index is 12.7. The average Bonchev–Trinajstić information content (AvgIpc) is 2.39. The third-order valence-electron chi connectivity index (χ3n) is 4.10. The molecule has 1 aliphatic heterocycles. The molecule has 2 amide bonds. The minimum atomic E-state index is -0.327. The number of piperazine rings is 1. The molecule has 3 unspecified atom stereocenters. The van der Waals surface area contributed by atoms with Crippen LogP contribution in [0.25, 0.3) is 0 Å². The van der Waals surface area contributed by atoms with Crippen molar-refractivity contribution in [1.82, 2.24) is 10.2 Å². The number of unbranched alkanes of at least 4 members (excludes halogenated alkanes) is 1. The topological polar surface area (TPSA) is 49.4 Å². The zero-order valence-corrected chi connectivity index (χ0v) is 13.6. The average molecular weight is 282 g/mol. The molecule has 0 aliphatic carbocycles. The summed E-state index contributed by atoms with van der Waals surface area (Å²) in [6, 6.07) is -0.505. The Morgan fingerprint density at radius 1 is 1.15 bits per heavy atom. The van der Waals surface area contributed by atoms with Crippen LogP contribution in [-0.4, -0.2) is 34.8 Å². The molecule has 4 nitrogen and oxygen atoms in total. The Kier molecular flexibility index (Phi) is 6.50. The van der Waals surface area contributed by atoms with Crippen molar-refractivity contribution in [3.05, 3.63) is 0 Å². The second kappa shape index (κ2) is 7.65. The molecule has 0 saturated carbocycles. The SMILES string of the molecule is CCCCC(C)N1C(=O)C(CCC)NC(=O)C1C(C)C. The van der Waals surface area contributed by atoms with Crippen LogP contribution in [0.1, 0.15) is 66.7 Å². The van der Waals surface area contributed by atoms with Crippen LogP contribution in [0.5, 0.6) is 0 Å². The third-order valence-corrected chi connectivity index (χ3v) is 4.10. The van der Waals surface area contributed by atoms with Crippen molar-refractivity contribution in [2.45, 2.75) is 84.8 Å². The first-order valence-corrected chi connectivity index (χ1v) is 8.06. The number of nitrogens with one attached hydrogen (secondary N) is 1. The molecule has 1 N–H and O–H groups in total. The summed E-state index contributed by atoms with van der Waals surface area (Å²) in [6.45, 7) is 10.3. The van der Waals surface area contributed by atoms with Gasteiger partial charge in [-0.25, -0.2) is 0 Å². The number of rotatable bonds is 7. The number of carbonyl (C=O) groups is 2. The minimum absolute atomic E-state index is 0.0152. The van der Waals surface area contributed by atoms with Gasteiger partial charge in [-0.2, -0.15) is 0 Å². The van der Waals surface area contributed by atoms with Gasteiger partial charge in [0.05, 0.1) is 0 Å². The van der Waals surface area contributed by atoms with E-state index < -0.39 is 0 Å². The summed E-state index contributed by atoms with van der Waals surface area (Å²) >= 11 is 0. The van der Waals surface area contributed by atoms with Crippen LogP contribution in [0.2, 0.25) is 0 Å². The monoisotopic (exact) mass is 282 g/mol. The first-order valence-electron chi connectivity index (χ1n) is 8.06. The van der Waals surface area contributed by atoms with Gasteiger partial charge >= 0.3 is 0 Å². The Morgan fingerprint density at radius 3 is 2.30 bits per heavy atom. The van der Waals surface area contributed by atoms with Crippen LogP contribution in [0.15, 0.2) is 0 Å². The lowest BCUT2D eigenvalue weighted by atomic mass is 9.93. The molecule has 0 aromatic carbocycles. The summed E-state index contributed by atoms with van der Waals surface area (Å²) in [5.41, 5.74) is 0. The summed E-state index contributed by atoms with van der Waals surface area (Å²) < 4.78 is 0. The fourth-order valence-corrected chi connectivity index (χ4v) is 3.00. The zero-order valence-electron chi connectivity index (χ0n) is 13.6. The fraction of sp³-hybridized carbons (Fsp3) is 0.875. The molecule has 0 radical (unpaired) electrons. The van der Waals surface area contributed by atoms with Gasteiger partial charge in [0.1, 0.15) is 12.1 Å². The quantitative estimate of drug-likeness (QED) is 0.780. The predicted octanol–water partition coefficient (Wildman–Crippen LogP) is 2.72. The molecule has 3 atom stereocenters. The van der Waals surface area contributed by atoms with E-state index in [1.807, 2.05) is 25.7 Å². The summed E-state index contributed by atoms with van der Waals surface area (Å²) in [5, 5.41) is 2.91. The van der Waals surface area contributed by atoms with Gasteiger partial charge in [0.2, 0.25) is 11.8 Å². The smallest absolute Gasteiger partial charge is 0.246 e. The summed E-state index contributed by atoms with van der Waals surface area (Å²) in [6.07, 6.45) is 4.81. The summed E-state index contributed by atoms with van der Waals surface area (Å²) in [5.74, 6) is 0.265. The van der Waals surface area contributed by atoms with Gasteiger partial charge in [0, 0.05) is 6.04 Å². The fourth-order valence-electron chi connectivity index (χ4n) is 3.00. The Bertz CT molecular complexity index is 341. The van der Waals surface area contributed by atoms with Crippen LogP contribution in [-0.2, 0) is 9.59 Å². The van der Waals surface area contributed by atoms with Crippen molar-refractivity contribution >= 4 is 11.8 Å². The molecule has 1 fully saturated rings. The van der Waals surface area contributed by atoms with Crippen LogP contribution in [0.4, 0.5) is 0 Å². The van der Waals surface area contributed by atoms with Gasteiger partial charge in [0.25, 0.3) is 0 Å². The lowest BCUT2D eigenvalue weighted by Crippen LogP contribution is -2.66. The predicted molar refractivity (Wildman–Crippen MR) is 81.3 cm³/mol. The van der Waals surface area contributed by atoms with Gasteiger partial charge in [-0.1, -0.05) is 47.0 Å². The van der Waals surface area contributed by atoms with Gasteiger partial charge in [-0.3, -0.25) is 9.59 Å². The van der Waals surface area contributed by atoms with Crippen molar-refractivity contribution in [2.75, 3.05) is 0 Å². The number of hydrogen-bond acceptors (Lipinski definition) is 2. The van der Waals surface area contributed by atoms with E-state index in [4.69, 9.17) is 0 Å². The van der Waals surface area contributed by atoms with E-state index in [1.165, 1.54) is 0 Å². The molecule has 4 heteroatoms. The highest BCUT2D eigenvalue weighted by Gasteiger charge is 2.43. The van der Waals surface area contributed by atoms with Crippen LogP contribution < -0.4 is 5.32 Å². The standard InChI is InChI=1S/C16H30N2O2/c1-6-8-10-12(5)18-14(11(3)4)15(19)17-13(9-7-2)16(18)20/h11-14H,6-10H2,1-5H3,(H,17,19). The maximum Gasteiger partial charge on any atom is 0.246 e. The molecule has 0 spiro atoms. The van der Waals surface area contributed by atoms with E-state index in [0.717, 1.165) is 32.1 Å². The lowest BCUT2D eigenvalue weighted by Gasteiger charge is -2.44. The van der Waals surface area contributed by atoms with E-state index in [0.29, 0.717) is 0 Å². The second-order valence-corrected chi connectivity index (χ2v) is 6.28. The molecule has 0 bridgehead atoms. The number of amides is 2. The normalized spacial score (nSPS) is 25.0. The van der Waals surface area contributed by atoms with Crippen molar-refractivity contribution in [3.8, 4) is 0 Å². The van der Waals surface area contributed by atoms with Crippen molar-refractivity contribution < 1.29 is 9.59 Å². The molecule has 1 heterocycles. The molecular weight excluding hydrogens is 252 g/mol. The molecule has 1 rings (SSSR count). The maximum absolute atomic E-state index is 12.7. The van der Waals surface area contributed by atoms with E-state index in [1.54, 1.807) is 0 Å². The highest BCUT2D eigenvalue weighted by atomic mass is 16.2. The van der Waals surface area contributed by atoms with Crippen LogP contribution >= 0.6 is 0 Å². The van der Waals surface area contributed by atoms with Crippen molar-refractivity contribution in [1.29, 1.82) is 0 Å². The molecule has 116 valence electrons. The Labute approximate surface area is 123 Å². The molecule has 20 heavy (non-hydrogen) atoms. The molecule has 1 saturated heterocycles. The Hall–Kier alpha value is -1.06. The van der Waals surface area contributed by atoms with E-state index in [2.05, 4.69) is 19.2 Å². The minimum Gasteiger partial charge on any atom is -0.342 e. The number of nitrogens with zero attached hydrogens (tertiary/aromatic N) is 1. The second-order valence-electron chi connectivity index (χ2n) is 6.28. The molecule has 0 aromatic rings. The van der Waals surface area contributed by atoms with Crippen LogP contribution in [0.3, 0.4) is 0 Å². The molecule has 0 aromatic heterocycles. The Balaban J connectivity index is 2.95. The summed E-state index contributed by atoms with van der Waals surface area (Å²) in [4.78, 5) is 26.9. The molecule has 1 aliphatic rings. The van der Waals surface area contributed by atoms with E-state index in [-0.39, 0.29) is 35.9 Å². The first-order chi connectivity index (χ1) is 9.43. The zero-order chi connectivity index (χ0) is 15.3. The first kappa shape index (κ1) is 17.0. The highest BCUT2D eigenvalue weighted by molar-refractivity contribution is 5.97. The van der Waals surface area contributed by atoms with Crippen molar-refractivity contribution in [2.24, 2.45) is 5.92 Å². The third kappa shape index (κ3) is 3.74. The van der Waals surface area contributed by atoms with E-state index >= 15 is 0 Å². The lowest BCUT2D eigenvalue weighted by molar-refractivity contribution is -0.154. The van der Waals surface area contributed by atoms with Crippen molar-refractivity contribution in [3.63, 3.8) is 0 Å². The van der Waals surface area contributed by atoms with Crippen LogP contribution in [0, 0.1) is 5.92 Å². The number of carbonyl (C=O) groups excluding carboxylic acids is 2. The van der Waals surface area contributed by atoms with Gasteiger partial charge < -0.3 is 10.2 Å². The summed E-state index contributed by atoms with van der Waals surface area (Å²) in [7, 11) is 0. The highest BCUT2D eigenvalue weighted by Crippen LogP contribution is 2.24. The van der Waals surface area contributed by atoms with Gasteiger partial charge in [0.15, 0.2) is 0 Å². The van der Waals surface area contributed by atoms with Gasteiger partial charge in [-0.05, 0) is 25.7 Å².